The molecule has 3 aliphatic rings. The minimum atomic E-state index is 0.0243. The van der Waals surface area contributed by atoms with E-state index in [0.29, 0.717) is 8.58 Å². The van der Waals surface area contributed by atoms with Gasteiger partial charge in [0.15, 0.2) is 0 Å². The Balaban J connectivity index is 1.71. The maximum absolute atomic E-state index is 12.3. The van der Waals surface area contributed by atoms with Crippen LogP contribution in [0.5, 0.6) is 0 Å². The number of nitrogens with one attached hydrogen (secondary N) is 2. The zero-order valence-electron chi connectivity index (χ0n) is 12.8. The summed E-state index contributed by atoms with van der Waals surface area (Å²) in [6.07, 6.45) is 5.04. The topological polar surface area (TPSA) is 56.7 Å². The standard InChI is InChI=1S/C15H23N4OP/c1-9(2)18-15(20)11-6-16-14-13(11)21-12(7-17-14)19-5-4-10(3)8-19/h6-7,9-10,13,21H,4-5,8H2,1-3H3,(H,16,17)(H,18,20). The SMILES string of the molecule is CC1CCN(C2=CN=C3NC=C(C(=O)NC(C)C)C3P2)C1. The van der Waals surface area contributed by atoms with Gasteiger partial charge in [-0.3, -0.25) is 4.79 Å². The van der Waals surface area contributed by atoms with E-state index >= 15 is 0 Å². The van der Waals surface area contributed by atoms with Gasteiger partial charge in [0, 0.05) is 30.9 Å². The number of hydrogen-bond donors (Lipinski definition) is 2. The Kier molecular flexibility index (Phi) is 4.03. The van der Waals surface area contributed by atoms with Gasteiger partial charge in [-0.1, -0.05) is 15.5 Å². The number of rotatable bonds is 3. The molecule has 0 spiro atoms. The lowest BCUT2D eigenvalue weighted by Gasteiger charge is -2.27. The molecule has 3 aliphatic heterocycles. The second-order valence-electron chi connectivity index (χ2n) is 6.32. The van der Waals surface area contributed by atoms with Crippen molar-refractivity contribution in [1.82, 2.24) is 15.5 Å². The molecule has 114 valence electrons. The first-order chi connectivity index (χ1) is 10.0. The number of carbonyl (C=O) groups excluding carboxylic acids is 1. The minimum Gasteiger partial charge on any atom is -0.370 e. The fourth-order valence-corrected chi connectivity index (χ4v) is 4.39. The van der Waals surface area contributed by atoms with E-state index in [-0.39, 0.29) is 17.6 Å². The summed E-state index contributed by atoms with van der Waals surface area (Å²) in [5.74, 6) is 1.69. The zero-order valence-corrected chi connectivity index (χ0v) is 13.8. The van der Waals surface area contributed by atoms with Crippen LogP contribution in [0.25, 0.3) is 0 Å². The molecule has 2 N–H and O–H groups in total. The molecule has 3 heterocycles. The van der Waals surface area contributed by atoms with Crippen LogP contribution in [0.15, 0.2) is 28.4 Å². The number of fused-ring (bicyclic) bond motifs is 1. The Hall–Kier alpha value is -1.35. The molecule has 3 unspecified atom stereocenters. The van der Waals surface area contributed by atoms with Gasteiger partial charge in [-0.05, 0) is 26.2 Å². The van der Waals surface area contributed by atoms with Crippen molar-refractivity contribution in [2.45, 2.75) is 38.9 Å². The summed E-state index contributed by atoms with van der Waals surface area (Å²) in [6.45, 7) is 8.48. The summed E-state index contributed by atoms with van der Waals surface area (Å²) in [5, 5.41) is 6.13. The van der Waals surface area contributed by atoms with Gasteiger partial charge in [-0.15, -0.1) is 0 Å². The van der Waals surface area contributed by atoms with Crippen LogP contribution in [-0.4, -0.2) is 41.4 Å². The average Bonchev–Trinajstić information content (AvgIpc) is 3.03. The van der Waals surface area contributed by atoms with E-state index in [9.17, 15) is 4.79 Å². The van der Waals surface area contributed by atoms with Crippen LogP contribution in [-0.2, 0) is 4.79 Å². The zero-order chi connectivity index (χ0) is 15.0. The van der Waals surface area contributed by atoms with E-state index in [2.05, 4.69) is 27.4 Å². The highest BCUT2D eigenvalue weighted by Crippen LogP contribution is 2.42. The van der Waals surface area contributed by atoms with Crippen LogP contribution in [0.4, 0.5) is 0 Å². The van der Waals surface area contributed by atoms with Gasteiger partial charge < -0.3 is 15.5 Å². The highest BCUT2D eigenvalue weighted by Gasteiger charge is 2.35. The van der Waals surface area contributed by atoms with Crippen molar-refractivity contribution in [3.8, 4) is 0 Å². The monoisotopic (exact) mass is 306 g/mol. The smallest absolute Gasteiger partial charge is 0.249 e. The van der Waals surface area contributed by atoms with Gasteiger partial charge in [0.1, 0.15) is 5.84 Å². The van der Waals surface area contributed by atoms with Crippen LogP contribution in [0.1, 0.15) is 27.2 Å². The molecule has 0 aromatic rings. The summed E-state index contributed by atoms with van der Waals surface area (Å²) >= 11 is 0. The highest BCUT2D eigenvalue weighted by atomic mass is 31.1. The average molecular weight is 306 g/mol. The number of amides is 1. The third-order valence-electron chi connectivity index (χ3n) is 4.02. The number of carbonyl (C=O) groups is 1. The van der Waals surface area contributed by atoms with Crippen molar-refractivity contribution in [1.29, 1.82) is 0 Å². The second kappa shape index (κ2) is 5.80. The maximum Gasteiger partial charge on any atom is 0.249 e. The maximum atomic E-state index is 12.3. The van der Waals surface area contributed by atoms with Crippen LogP contribution >= 0.6 is 8.58 Å². The molecule has 0 aromatic carbocycles. The Morgan fingerprint density at radius 3 is 3.05 bits per heavy atom. The third kappa shape index (κ3) is 2.98. The molecule has 1 fully saturated rings. The first-order valence-electron chi connectivity index (χ1n) is 7.61. The Morgan fingerprint density at radius 1 is 1.57 bits per heavy atom. The van der Waals surface area contributed by atoms with Crippen LogP contribution in [0.2, 0.25) is 0 Å². The van der Waals surface area contributed by atoms with Gasteiger partial charge in [0.05, 0.1) is 17.3 Å². The lowest BCUT2D eigenvalue weighted by Crippen LogP contribution is -2.35. The van der Waals surface area contributed by atoms with E-state index in [0.717, 1.165) is 30.4 Å². The van der Waals surface area contributed by atoms with Crippen molar-refractivity contribution in [2.75, 3.05) is 13.1 Å². The van der Waals surface area contributed by atoms with Gasteiger partial charge in [-0.25, -0.2) is 4.99 Å². The number of nitrogens with zero attached hydrogens (tertiary/aromatic N) is 2. The number of amidine groups is 1. The molecule has 3 atom stereocenters. The lowest BCUT2D eigenvalue weighted by atomic mass is 10.2. The molecule has 6 heteroatoms. The van der Waals surface area contributed by atoms with Gasteiger partial charge in [0.25, 0.3) is 0 Å². The second-order valence-corrected chi connectivity index (χ2v) is 7.70. The molecule has 1 saturated heterocycles. The molecule has 1 amide bonds. The molecule has 0 aromatic heterocycles. The predicted molar refractivity (Wildman–Crippen MR) is 87.5 cm³/mol. The van der Waals surface area contributed by atoms with E-state index in [1.165, 1.54) is 11.9 Å². The quantitative estimate of drug-likeness (QED) is 0.779. The van der Waals surface area contributed by atoms with Crippen LogP contribution < -0.4 is 10.6 Å². The van der Waals surface area contributed by atoms with E-state index < -0.39 is 0 Å². The Bertz CT molecular complexity index is 538. The first kappa shape index (κ1) is 14.6. The molecule has 0 bridgehead atoms. The van der Waals surface area contributed by atoms with Gasteiger partial charge in [-0.2, -0.15) is 0 Å². The number of likely N-dealkylation sites (tertiary alicyclic amines) is 1. The van der Waals surface area contributed by atoms with Crippen molar-refractivity contribution < 1.29 is 4.79 Å². The molecular weight excluding hydrogens is 283 g/mol. The third-order valence-corrected chi connectivity index (χ3v) is 5.64. The fraction of sp³-hybridized carbons (Fsp3) is 0.600. The lowest BCUT2D eigenvalue weighted by molar-refractivity contribution is -0.117. The Morgan fingerprint density at radius 2 is 2.38 bits per heavy atom. The van der Waals surface area contributed by atoms with Crippen LogP contribution in [0.3, 0.4) is 0 Å². The van der Waals surface area contributed by atoms with Crippen molar-refractivity contribution >= 4 is 20.3 Å². The van der Waals surface area contributed by atoms with Crippen molar-refractivity contribution in [3.63, 3.8) is 0 Å². The molecule has 0 saturated carbocycles. The molecule has 0 aliphatic carbocycles. The molecule has 5 nitrogen and oxygen atoms in total. The summed E-state index contributed by atoms with van der Waals surface area (Å²) < 4.78 is 0. The van der Waals surface area contributed by atoms with Crippen molar-refractivity contribution in [3.05, 3.63) is 23.4 Å². The van der Waals surface area contributed by atoms with Crippen molar-refractivity contribution in [2.24, 2.45) is 10.9 Å². The van der Waals surface area contributed by atoms with Crippen LogP contribution in [0, 0.1) is 5.92 Å². The van der Waals surface area contributed by atoms with E-state index in [4.69, 9.17) is 0 Å². The van der Waals surface area contributed by atoms with Gasteiger partial charge in [0.2, 0.25) is 5.91 Å². The highest BCUT2D eigenvalue weighted by molar-refractivity contribution is 7.45. The summed E-state index contributed by atoms with van der Waals surface area (Å²) in [4.78, 5) is 19.2. The Labute approximate surface area is 127 Å². The fourth-order valence-electron chi connectivity index (χ4n) is 2.91. The molecule has 21 heavy (non-hydrogen) atoms. The van der Waals surface area contributed by atoms with E-state index in [1.807, 2.05) is 26.2 Å². The molecule has 0 radical (unpaired) electrons. The van der Waals surface area contributed by atoms with E-state index in [1.54, 1.807) is 0 Å². The summed E-state index contributed by atoms with van der Waals surface area (Å²) in [6, 6.07) is 0.153. The predicted octanol–water partition coefficient (Wildman–Crippen LogP) is 1.60. The molecular formula is C15H23N4OP. The minimum absolute atomic E-state index is 0.0243. The van der Waals surface area contributed by atoms with Gasteiger partial charge >= 0.3 is 0 Å². The normalized spacial score (nSPS) is 29.0. The summed E-state index contributed by atoms with van der Waals surface area (Å²) in [5.41, 5.74) is 2.22. The first-order valence-corrected chi connectivity index (χ1v) is 8.69. The largest absolute Gasteiger partial charge is 0.370 e. The summed E-state index contributed by atoms with van der Waals surface area (Å²) in [7, 11) is 0.585. The number of hydrogen-bond acceptors (Lipinski definition) is 4. The molecule has 3 rings (SSSR count). The number of aliphatic imine (C=N–C) groups is 1.